The van der Waals surface area contributed by atoms with Crippen molar-refractivity contribution in [1.29, 1.82) is 0 Å². The van der Waals surface area contributed by atoms with Crippen molar-refractivity contribution in [2.24, 2.45) is 0 Å². The number of fused-ring (bicyclic) bond motifs is 1. The van der Waals surface area contributed by atoms with E-state index in [1.54, 1.807) is 19.2 Å². The molecule has 0 N–H and O–H groups in total. The van der Waals surface area contributed by atoms with Crippen molar-refractivity contribution in [2.75, 3.05) is 0 Å². The number of pyridine rings is 1. The number of oxazole rings is 1. The van der Waals surface area contributed by atoms with Gasteiger partial charge in [0.25, 0.3) is 0 Å². The average molecular weight is 133 g/mol. The Bertz CT molecular complexity index is 320. The number of nitrogens with zero attached hydrogens (tertiary/aromatic N) is 2. The van der Waals surface area contributed by atoms with Gasteiger partial charge in [-0.05, 0) is 6.07 Å². The van der Waals surface area contributed by atoms with E-state index in [2.05, 4.69) is 16.0 Å². The molecule has 0 saturated heterocycles. The van der Waals surface area contributed by atoms with E-state index in [1.807, 2.05) is 0 Å². The summed E-state index contributed by atoms with van der Waals surface area (Å²) in [6.45, 7) is 1.79. The van der Waals surface area contributed by atoms with Gasteiger partial charge < -0.3 is 4.42 Å². The molecule has 0 bridgehead atoms. The maximum absolute atomic E-state index is 5.11. The van der Waals surface area contributed by atoms with Gasteiger partial charge in [-0.3, -0.25) is 0 Å². The quantitative estimate of drug-likeness (QED) is 0.544. The normalized spacial score (nSPS) is 10.5. The van der Waals surface area contributed by atoms with Gasteiger partial charge in [-0.15, -0.1) is 0 Å². The van der Waals surface area contributed by atoms with E-state index >= 15 is 0 Å². The maximum Gasteiger partial charge on any atom is 0.247 e. The molecule has 0 spiro atoms. The third-order valence-corrected chi connectivity index (χ3v) is 1.20. The van der Waals surface area contributed by atoms with Crippen molar-refractivity contribution >= 4 is 11.2 Å². The predicted octanol–water partition coefficient (Wildman–Crippen LogP) is 1.33. The highest BCUT2D eigenvalue weighted by Gasteiger charge is 1.99. The first kappa shape index (κ1) is 5.41. The lowest BCUT2D eigenvalue weighted by Crippen LogP contribution is -1.70. The predicted molar refractivity (Wildman–Crippen MR) is 35.4 cm³/mol. The van der Waals surface area contributed by atoms with Gasteiger partial charge in [-0.2, -0.15) is 0 Å². The molecular formula is C7H5N2O. The van der Waals surface area contributed by atoms with Crippen LogP contribution in [0.5, 0.6) is 0 Å². The van der Waals surface area contributed by atoms with Crippen molar-refractivity contribution in [2.45, 2.75) is 6.92 Å². The summed E-state index contributed by atoms with van der Waals surface area (Å²) >= 11 is 0. The summed E-state index contributed by atoms with van der Waals surface area (Å²) in [5, 5.41) is 0. The van der Waals surface area contributed by atoms with Gasteiger partial charge in [0.2, 0.25) is 5.71 Å². The van der Waals surface area contributed by atoms with Crippen molar-refractivity contribution in [3.8, 4) is 0 Å². The number of hydrogen-bond donors (Lipinski definition) is 0. The van der Waals surface area contributed by atoms with Gasteiger partial charge in [-0.25, -0.2) is 9.97 Å². The third-order valence-electron chi connectivity index (χ3n) is 1.20. The van der Waals surface area contributed by atoms with Crippen LogP contribution in [0.3, 0.4) is 0 Å². The summed E-state index contributed by atoms with van der Waals surface area (Å²) in [6.07, 6.45) is 1.63. The van der Waals surface area contributed by atoms with Crippen LogP contribution < -0.4 is 0 Å². The summed E-state index contributed by atoms with van der Waals surface area (Å²) < 4.78 is 5.11. The highest BCUT2D eigenvalue weighted by Crippen LogP contribution is 2.09. The molecule has 3 heteroatoms. The van der Waals surface area contributed by atoms with Crippen LogP contribution in [0.1, 0.15) is 5.89 Å². The van der Waals surface area contributed by atoms with Gasteiger partial charge in [0, 0.05) is 19.2 Å². The molecule has 0 amide bonds. The first-order valence-electron chi connectivity index (χ1n) is 2.96. The molecule has 0 aromatic carbocycles. The lowest BCUT2D eigenvalue weighted by atomic mass is 10.4. The maximum atomic E-state index is 5.11. The molecule has 0 aliphatic rings. The molecule has 10 heavy (non-hydrogen) atoms. The van der Waals surface area contributed by atoms with Crippen LogP contribution >= 0.6 is 0 Å². The Balaban J connectivity index is 2.88. The second-order valence-corrected chi connectivity index (χ2v) is 1.98. The minimum Gasteiger partial charge on any atom is -0.423 e. The number of aryl methyl sites for hydroxylation is 1. The van der Waals surface area contributed by atoms with Crippen molar-refractivity contribution in [3.63, 3.8) is 0 Å². The van der Waals surface area contributed by atoms with Crippen LogP contribution in [0.2, 0.25) is 0 Å². The summed E-state index contributed by atoms with van der Waals surface area (Å²) in [6, 6.07) is 4.62. The monoisotopic (exact) mass is 133 g/mol. The molecule has 0 aliphatic carbocycles. The zero-order valence-corrected chi connectivity index (χ0v) is 5.46. The molecule has 2 heterocycles. The minimum atomic E-state index is 0.556. The smallest absolute Gasteiger partial charge is 0.247 e. The SMILES string of the molecule is Cc1nc2[c]ccnc2o1. The minimum absolute atomic E-state index is 0.556. The van der Waals surface area contributed by atoms with E-state index in [1.165, 1.54) is 0 Å². The van der Waals surface area contributed by atoms with E-state index in [-0.39, 0.29) is 0 Å². The molecule has 49 valence electrons. The molecular weight excluding hydrogens is 128 g/mol. The van der Waals surface area contributed by atoms with Crippen LogP contribution in [0.4, 0.5) is 0 Å². The van der Waals surface area contributed by atoms with Crippen LogP contribution in [-0.2, 0) is 0 Å². The van der Waals surface area contributed by atoms with Crippen molar-refractivity contribution in [1.82, 2.24) is 9.97 Å². The zero-order valence-electron chi connectivity index (χ0n) is 5.46. The molecule has 0 saturated carbocycles. The summed E-state index contributed by atoms with van der Waals surface area (Å²) in [7, 11) is 0. The molecule has 0 fully saturated rings. The van der Waals surface area contributed by atoms with Gasteiger partial charge in [0.15, 0.2) is 5.89 Å². The van der Waals surface area contributed by atoms with Crippen molar-refractivity contribution in [3.05, 3.63) is 24.2 Å². The summed E-state index contributed by atoms with van der Waals surface area (Å²) in [4.78, 5) is 7.97. The number of aromatic nitrogens is 2. The van der Waals surface area contributed by atoms with Gasteiger partial charge in [-0.1, -0.05) is 0 Å². The molecule has 0 unspecified atom stereocenters. The van der Waals surface area contributed by atoms with E-state index < -0.39 is 0 Å². The Labute approximate surface area is 57.7 Å². The molecule has 0 atom stereocenters. The topological polar surface area (TPSA) is 38.9 Å². The Kier molecular flexibility index (Phi) is 0.974. The van der Waals surface area contributed by atoms with Crippen LogP contribution in [0, 0.1) is 13.0 Å². The van der Waals surface area contributed by atoms with E-state index in [9.17, 15) is 0 Å². The second kappa shape index (κ2) is 1.80. The lowest BCUT2D eigenvalue weighted by molar-refractivity contribution is 0.551. The summed E-state index contributed by atoms with van der Waals surface area (Å²) in [5.41, 5.74) is 1.25. The molecule has 2 rings (SSSR count). The average Bonchev–Trinajstić information content (AvgIpc) is 2.27. The Morgan fingerprint density at radius 2 is 2.50 bits per heavy atom. The van der Waals surface area contributed by atoms with Crippen LogP contribution in [-0.4, -0.2) is 9.97 Å². The molecule has 3 nitrogen and oxygen atoms in total. The fourth-order valence-corrected chi connectivity index (χ4v) is 0.819. The van der Waals surface area contributed by atoms with Crippen LogP contribution in [0.15, 0.2) is 16.7 Å². The van der Waals surface area contributed by atoms with Crippen LogP contribution in [0.25, 0.3) is 11.2 Å². The molecule has 1 radical (unpaired) electrons. The van der Waals surface area contributed by atoms with E-state index in [0.29, 0.717) is 17.1 Å². The number of hydrogen-bond acceptors (Lipinski definition) is 3. The third kappa shape index (κ3) is 0.673. The first-order valence-corrected chi connectivity index (χ1v) is 2.96. The highest BCUT2D eigenvalue weighted by molar-refractivity contribution is 5.66. The lowest BCUT2D eigenvalue weighted by Gasteiger charge is -1.78. The van der Waals surface area contributed by atoms with E-state index in [0.717, 1.165) is 0 Å². The Morgan fingerprint density at radius 1 is 1.60 bits per heavy atom. The van der Waals surface area contributed by atoms with E-state index in [4.69, 9.17) is 4.42 Å². The highest BCUT2D eigenvalue weighted by atomic mass is 16.4. The number of rotatable bonds is 0. The second-order valence-electron chi connectivity index (χ2n) is 1.98. The van der Waals surface area contributed by atoms with Gasteiger partial charge >= 0.3 is 0 Å². The van der Waals surface area contributed by atoms with Gasteiger partial charge in [0.05, 0.1) is 0 Å². The van der Waals surface area contributed by atoms with Gasteiger partial charge in [0.1, 0.15) is 5.52 Å². The molecule has 0 aliphatic heterocycles. The fraction of sp³-hybridized carbons (Fsp3) is 0.143. The summed E-state index contributed by atoms with van der Waals surface area (Å²) in [5.74, 6) is 0.630. The largest absolute Gasteiger partial charge is 0.423 e. The Morgan fingerprint density at radius 3 is 3.30 bits per heavy atom. The standard InChI is InChI=1S/C7H5N2O/c1-5-9-6-3-2-4-8-7(6)10-5/h2,4H,1H3. The first-order chi connectivity index (χ1) is 4.86. The van der Waals surface area contributed by atoms with Crippen molar-refractivity contribution < 1.29 is 4.42 Å². The Hall–Kier alpha value is -1.38. The fourth-order valence-electron chi connectivity index (χ4n) is 0.819. The zero-order chi connectivity index (χ0) is 6.97. The molecule has 2 aromatic rings. The molecule has 2 aromatic heterocycles.